The molecule has 1 unspecified atom stereocenters. The predicted octanol–water partition coefficient (Wildman–Crippen LogP) is 2.87. The van der Waals surface area contributed by atoms with Crippen molar-refractivity contribution in [3.63, 3.8) is 0 Å². The number of thioether (sulfide) groups is 1. The SMILES string of the molecule is CCNC(CSc1ncc[nH]1)c1ccc(OC)c(OC)c1. The fraction of sp³-hybridized carbons (Fsp3) is 0.400. The van der Waals surface area contributed by atoms with E-state index in [1.807, 2.05) is 18.3 Å². The molecule has 0 amide bonds. The number of benzene rings is 1. The molecule has 0 saturated carbocycles. The monoisotopic (exact) mass is 307 g/mol. The number of H-pyrrole nitrogens is 1. The molecule has 0 spiro atoms. The Hall–Kier alpha value is -1.66. The number of ether oxygens (including phenoxy) is 2. The molecule has 21 heavy (non-hydrogen) atoms. The Morgan fingerprint density at radius 2 is 2.10 bits per heavy atom. The molecule has 6 heteroatoms. The van der Waals surface area contributed by atoms with E-state index in [4.69, 9.17) is 9.47 Å². The third kappa shape index (κ3) is 4.15. The van der Waals surface area contributed by atoms with Crippen LogP contribution in [0.15, 0.2) is 35.7 Å². The van der Waals surface area contributed by atoms with E-state index >= 15 is 0 Å². The Bertz CT molecular complexity index is 546. The number of aromatic nitrogens is 2. The fourth-order valence-corrected chi connectivity index (χ4v) is 3.00. The van der Waals surface area contributed by atoms with Crippen molar-refractivity contribution in [2.75, 3.05) is 26.5 Å². The Morgan fingerprint density at radius 1 is 1.29 bits per heavy atom. The second-order valence-corrected chi connectivity index (χ2v) is 5.44. The lowest BCUT2D eigenvalue weighted by Gasteiger charge is -2.19. The van der Waals surface area contributed by atoms with Crippen LogP contribution in [0.5, 0.6) is 11.5 Å². The lowest BCUT2D eigenvalue weighted by Crippen LogP contribution is -2.23. The van der Waals surface area contributed by atoms with Gasteiger partial charge in [0.1, 0.15) is 0 Å². The van der Waals surface area contributed by atoms with Crippen LogP contribution in [0.3, 0.4) is 0 Å². The maximum Gasteiger partial charge on any atom is 0.165 e. The van der Waals surface area contributed by atoms with Gasteiger partial charge in [-0.05, 0) is 24.2 Å². The van der Waals surface area contributed by atoms with Crippen LogP contribution in [0.4, 0.5) is 0 Å². The van der Waals surface area contributed by atoms with Crippen LogP contribution in [0.1, 0.15) is 18.5 Å². The van der Waals surface area contributed by atoms with Gasteiger partial charge in [-0.2, -0.15) is 0 Å². The zero-order valence-corrected chi connectivity index (χ0v) is 13.4. The van der Waals surface area contributed by atoms with Crippen LogP contribution in [0.25, 0.3) is 0 Å². The quantitative estimate of drug-likeness (QED) is 0.734. The first-order valence-electron chi connectivity index (χ1n) is 6.86. The molecule has 2 aromatic rings. The Balaban J connectivity index is 2.13. The molecule has 2 rings (SSSR count). The summed E-state index contributed by atoms with van der Waals surface area (Å²) in [5.41, 5.74) is 1.17. The van der Waals surface area contributed by atoms with Crippen molar-refractivity contribution in [3.8, 4) is 11.5 Å². The van der Waals surface area contributed by atoms with Crippen molar-refractivity contribution in [3.05, 3.63) is 36.2 Å². The largest absolute Gasteiger partial charge is 0.493 e. The molecule has 0 aliphatic carbocycles. The summed E-state index contributed by atoms with van der Waals surface area (Å²) in [6.45, 7) is 3.00. The highest BCUT2D eigenvalue weighted by molar-refractivity contribution is 7.99. The maximum atomic E-state index is 5.38. The summed E-state index contributed by atoms with van der Waals surface area (Å²) in [5, 5.41) is 4.42. The molecule has 0 aliphatic rings. The molecule has 0 fully saturated rings. The Labute approximate surface area is 129 Å². The number of rotatable bonds is 8. The number of methoxy groups -OCH3 is 2. The first kappa shape index (κ1) is 15.7. The van der Waals surface area contributed by atoms with Crippen molar-refractivity contribution in [1.29, 1.82) is 0 Å². The molecule has 114 valence electrons. The van der Waals surface area contributed by atoms with E-state index in [0.717, 1.165) is 29.0 Å². The summed E-state index contributed by atoms with van der Waals surface area (Å²) in [5.74, 6) is 2.38. The fourth-order valence-electron chi connectivity index (χ4n) is 2.08. The average molecular weight is 307 g/mol. The van der Waals surface area contributed by atoms with E-state index in [1.54, 1.807) is 32.2 Å². The lowest BCUT2D eigenvalue weighted by atomic mass is 10.1. The standard InChI is InChI=1S/C15H21N3O2S/c1-4-16-12(10-21-15-17-7-8-18-15)11-5-6-13(19-2)14(9-11)20-3/h5-9,12,16H,4,10H2,1-3H3,(H,17,18). The minimum Gasteiger partial charge on any atom is -0.493 e. The molecule has 1 aromatic carbocycles. The molecule has 0 bridgehead atoms. The minimum atomic E-state index is 0.227. The summed E-state index contributed by atoms with van der Waals surface area (Å²) < 4.78 is 10.7. The smallest absolute Gasteiger partial charge is 0.165 e. The molecule has 0 radical (unpaired) electrons. The molecule has 1 heterocycles. The summed E-state index contributed by atoms with van der Waals surface area (Å²) in [6.07, 6.45) is 3.60. The van der Waals surface area contributed by atoms with Crippen LogP contribution in [-0.4, -0.2) is 36.5 Å². The number of nitrogens with zero attached hydrogens (tertiary/aromatic N) is 1. The van der Waals surface area contributed by atoms with Crippen LogP contribution in [0.2, 0.25) is 0 Å². The van der Waals surface area contributed by atoms with Gasteiger partial charge in [0, 0.05) is 24.2 Å². The summed E-state index contributed by atoms with van der Waals surface area (Å²) >= 11 is 1.69. The van der Waals surface area contributed by atoms with Gasteiger partial charge in [-0.3, -0.25) is 0 Å². The van der Waals surface area contributed by atoms with Gasteiger partial charge in [0.2, 0.25) is 0 Å². The zero-order chi connectivity index (χ0) is 15.1. The number of hydrogen-bond donors (Lipinski definition) is 2. The maximum absolute atomic E-state index is 5.38. The number of imidazole rings is 1. The highest BCUT2D eigenvalue weighted by Gasteiger charge is 2.14. The highest BCUT2D eigenvalue weighted by atomic mass is 32.2. The van der Waals surface area contributed by atoms with Gasteiger partial charge in [-0.25, -0.2) is 4.98 Å². The lowest BCUT2D eigenvalue weighted by molar-refractivity contribution is 0.354. The molecular weight excluding hydrogens is 286 g/mol. The number of hydrogen-bond acceptors (Lipinski definition) is 5. The second-order valence-electron chi connectivity index (χ2n) is 4.43. The number of nitrogens with one attached hydrogen (secondary N) is 2. The van der Waals surface area contributed by atoms with Gasteiger partial charge in [0.15, 0.2) is 16.7 Å². The Morgan fingerprint density at radius 3 is 2.71 bits per heavy atom. The molecule has 0 aliphatic heterocycles. The van der Waals surface area contributed by atoms with E-state index in [9.17, 15) is 0 Å². The summed E-state index contributed by atoms with van der Waals surface area (Å²) in [7, 11) is 3.30. The van der Waals surface area contributed by atoms with Crippen LogP contribution in [0, 0.1) is 0 Å². The number of aromatic amines is 1. The van der Waals surface area contributed by atoms with Crippen molar-refractivity contribution in [1.82, 2.24) is 15.3 Å². The Kier molecular flexibility index (Phi) is 5.95. The third-order valence-corrected chi connectivity index (χ3v) is 4.12. The minimum absolute atomic E-state index is 0.227. The van der Waals surface area contributed by atoms with Crippen LogP contribution >= 0.6 is 11.8 Å². The van der Waals surface area contributed by atoms with Crippen molar-refractivity contribution in [2.24, 2.45) is 0 Å². The summed E-state index contributed by atoms with van der Waals surface area (Å²) in [6, 6.07) is 6.26. The van der Waals surface area contributed by atoms with Crippen LogP contribution < -0.4 is 14.8 Å². The van der Waals surface area contributed by atoms with Crippen molar-refractivity contribution < 1.29 is 9.47 Å². The first-order chi connectivity index (χ1) is 10.3. The normalized spacial score (nSPS) is 12.1. The van der Waals surface area contributed by atoms with Crippen molar-refractivity contribution in [2.45, 2.75) is 18.1 Å². The summed E-state index contributed by atoms with van der Waals surface area (Å²) in [4.78, 5) is 7.34. The van der Waals surface area contributed by atoms with Gasteiger partial charge in [0.05, 0.1) is 14.2 Å². The zero-order valence-electron chi connectivity index (χ0n) is 12.6. The highest BCUT2D eigenvalue weighted by Crippen LogP contribution is 2.31. The van der Waals surface area contributed by atoms with E-state index in [-0.39, 0.29) is 6.04 Å². The van der Waals surface area contributed by atoms with Crippen molar-refractivity contribution >= 4 is 11.8 Å². The molecule has 1 atom stereocenters. The topological polar surface area (TPSA) is 59.2 Å². The third-order valence-electron chi connectivity index (χ3n) is 3.12. The predicted molar refractivity (Wildman–Crippen MR) is 85.3 cm³/mol. The second kappa shape index (κ2) is 7.95. The van der Waals surface area contributed by atoms with E-state index < -0.39 is 0 Å². The van der Waals surface area contributed by atoms with E-state index in [2.05, 4.69) is 28.3 Å². The molecule has 2 N–H and O–H groups in total. The molecule has 0 saturated heterocycles. The molecule has 5 nitrogen and oxygen atoms in total. The van der Waals surface area contributed by atoms with Gasteiger partial charge < -0.3 is 19.8 Å². The van der Waals surface area contributed by atoms with Crippen LogP contribution in [-0.2, 0) is 0 Å². The van der Waals surface area contributed by atoms with E-state index in [0.29, 0.717) is 0 Å². The molecule has 1 aromatic heterocycles. The van der Waals surface area contributed by atoms with Gasteiger partial charge in [-0.1, -0.05) is 24.8 Å². The van der Waals surface area contributed by atoms with Gasteiger partial charge in [0.25, 0.3) is 0 Å². The molecular formula is C15H21N3O2S. The van der Waals surface area contributed by atoms with E-state index in [1.165, 1.54) is 5.56 Å². The average Bonchev–Trinajstić information content (AvgIpc) is 3.04. The van der Waals surface area contributed by atoms with Gasteiger partial charge in [-0.15, -0.1) is 0 Å². The van der Waals surface area contributed by atoms with Gasteiger partial charge >= 0.3 is 0 Å². The first-order valence-corrected chi connectivity index (χ1v) is 7.84.